The Balaban J connectivity index is 1.74. The Kier molecular flexibility index (Phi) is 4.01. The minimum atomic E-state index is 0.00572. The normalized spacial score (nSPS) is 12.3. The summed E-state index contributed by atoms with van der Waals surface area (Å²) in [6, 6.07) is 13.3. The fourth-order valence-electron chi connectivity index (χ4n) is 2.23. The van der Waals surface area contributed by atoms with E-state index in [0.29, 0.717) is 12.1 Å². The summed E-state index contributed by atoms with van der Waals surface area (Å²) in [5, 5.41) is 0. The monoisotopic (exact) mass is 395 g/mol. The summed E-state index contributed by atoms with van der Waals surface area (Å²) in [7, 11) is 1.80. The van der Waals surface area contributed by atoms with Crippen LogP contribution in [0.5, 0.6) is 11.5 Å². The van der Waals surface area contributed by atoms with Crippen molar-refractivity contribution >= 4 is 28.5 Å². The summed E-state index contributed by atoms with van der Waals surface area (Å²) >= 11 is 2.20. The molecule has 0 aliphatic carbocycles. The first-order valence-corrected chi connectivity index (χ1v) is 7.61. The van der Waals surface area contributed by atoms with Crippen molar-refractivity contribution < 1.29 is 14.3 Å². The molecule has 1 aliphatic rings. The van der Waals surface area contributed by atoms with Gasteiger partial charge in [0.1, 0.15) is 0 Å². The first kappa shape index (κ1) is 14.2. The van der Waals surface area contributed by atoms with Crippen LogP contribution in [0.1, 0.15) is 15.9 Å². The molecule has 1 heterocycles. The highest BCUT2D eigenvalue weighted by atomic mass is 127. The number of rotatable bonds is 3. The molecule has 0 spiro atoms. The molecule has 0 atom stereocenters. The lowest BCUT2D eigenvalue weighted by Gasteiger charge is -2.17. The molecule has 1 amide bonds. The van der Waals surface area contributed by atoms with Crippen LogP contribution in [-0.2, 0) is 6.54 Å². The molecule has 0 bridgehead atoms. The van der Waals surface area contributed by atoms with Crippen LogP contribution < -0.4 is 9.47 Å². The summed E-state index contributed by atoms with van der Waals surface area (Å²) in [5.41, 5.74) is 1.71. The van der Waals surface area contributed by atoms with Crippen LogP contribution in [0.4, 0.5) is 0 Å². The molecule has 0 aromatic heterocycles. The van der Waals surface area contributed by atoms with Gasteiger partial charge in [-0.1, -0.05) is 12.1 Å². The minimum Gasteiger partial charge on any atom is -0.454 e. The highest BCUT2D eigenvalue weighted by molar-refractivity contribution is 14.1. The van der Waals surface area contributed by atoms with Gasteiger partial charge in [0.2, 0.25) is 6.79 Å². The van der Waals surface area contributed by atoms with E-state index in [-0.39, 0.29) is 12.7 Å². The zero-order chi connectivity index (χ0) is 14.8. The summed E-state index contributed by atoms with van der Waals surface area (Å²) in [5.74, 6) is 1.50. The lowest BCUT2D eigenvalue weighted by atomic mass is 10.1. The summed E-state index contributed by atoms with van der Waals surface area (Å²) in [6.45, 7) is 0.789. The molecule has 0 saturated heterocycles. The lowest BCUT2D eigenvalue weighted by Crippen LogP contribution is -2.26. The van der Waals surface area contributed by atoms with Gasteiger partial charge in [0, 0.05) is 22.7 Å². The van der Waals surface area contributed by atoms with Crippen molar-refractivity contribution in [3.63, 3.8) is 0 Å². The summed E-state index contributed by atoms with van der Waals surface area (Å²) in [4.78, 5) is 14.1. The molecule has 0 fully saturated rings. The molecule has 3 rings (SSSR count). The van der Waals surface area contributed by atoms with E-state index in [1.807, 2.05) is 42.5 Å². The third-order valence-electron chi connectivity index (χ3n) is 3.27. The van der Waals surface area contributed by atoms with Crippen LogP contribution in [0.2, 0.25) is 0 Å². The van der Waals surface area contributed by atoms with Crippen molar-refractivity contribution in [3.05, 3.63) is 57.2 Å². The van der Waals surface area contributed by atoms with Crippen LogP contribution in [-0.4, -0.2) is 24.6 Å². The molecule has 0 radical (unpaired) electrons. The van der Waals surface area contributed by atoms with Crippen LogP contribution in [0.3, 0.4) is 0 Å². The van der Waals surface area contributed by atoms with Gasteiger partial charge in [-0.2, -0.15) is 0 Å². The number of hydrogen-bond donors (Lipinski definition) is 0. The Morgan fingerprint density at radius 3 is 2.81 bits per heavy atom. The molecule has 4 nitrogen and oxygen atoms in total. The minimum absolute atomic E-state index is 0.00572. The average Bonchev–Trinajstić information content (AvgIpc) is 2.94. The van der Waals surface area contributed by atoms with E-state index in [4.69, 9.17) is 9.47 Å². The molecule has 5 heteroatoms. The van der Waals surface area contributed by atoms with Crippen molar-refractivity contribution in [1.82, 2.24) is 4.90 Å². The summed E-state index contributed by atoms with van der Waals surface area (Å²) < 4.78 is 11.7. The second-order valence-corrected chi connectivity index (χ2v) is 6.10. The number of carbonyl (C=O) groups excluding carboxylic acids is 1. The predicted molar refractivity (Wildman–Crippen MR) is 87.5 cm³/mol. The van der Waals surface area contributed by atoms with Gasteiger partial charge in [-0.05, 0) is 58.5 Å². The molecule has 0 unspecified atom stereocenters. The van der Waals surface area contributed by atoms with E-state index in [1.165, 1.54) is 0 Å². The number of hydrogen-bond acceptors (Lipinski definition) is 3. The maximum atomic E-state index is 12.4. The molecule has 2 aromatic rings. The number of benzene rings is 2. The summed E-state index contributed by atoms with van der Waals surface area (Å²) in [6.07, 6.45) is 0. The molecule has 2 aromatic carbocycles. The van der Waals surface area contributed by atoms with Gasteiger partial charge in [-0.3, -0.25) is 4.79 Å². The highest BCUT2D eigenvalue weighted by Gasteiger charge is 2.16. The largest absolute Gasteiger partial charge is 0.454 e. The van der Waals surface area contributed by atoms with Crippen LogP contribution >= 0.6 is 22.6 Å². The quantitative estimate of drug-likeness (QED) is 0.749. The lowest BCUT2D eigenvalue weighted by molar-refractivity contribution is 0.0785. The van der Waals surface area contributed by atoms with E-state index < -0.39 is 0 Å². The second-order valence-electron chi connectivity index (χ2n) is 4.86. The van der Waals surface area contributed by atoms with E-state index in [9.17, 15) is 4.79 Å². The first-order chi connectivity index (χ1) is 10.1. The Labute approximate surface area is 136 Å². The molecule has 1 aliphatic heterocycles. The van der Waals surface area contributed by atoms with E-state index in [1.54, 1.807) is 11.9 Å². The van der Waals surface area contributed by atoms with Gasteiger partial charge in [0.05, 0.1) is 0 Å². The zero-order valence-electron chi connectivity index (χ0n) is 11.5. The number of ether oxygens (including phenoxy) is 2. The van der Waals surface area contributed by atoms with Crippen molar-refractivity contribution in [2.24, 2.45) is 0 Å². The SMILES string of the molecule is CN(Cc1ccc2c(c1)OCO2)C(=O)c1cccc(I)c1. The van der Waals surface area contributed by atoms with Gasteiger partial charge in [-0.15, -0.1) is 0 Å². The smallest absolute Gasteiger partial charge is 0.253 e. The Morgan fingerprint density at radius 2 is 2.00 bits per heavy atom. The number of halogens is 1. The van der Waals surface area contributed by atoms with Crippen molar-refractivity contribution in [2.45, 2.75) is 6.54 Å². The van der Waals surface area contributed by atoms with Crippen LogP contribution in [0, 0.1) is 3.57 Å². The molecule has 0 saturated carbocycles. The van der Waals surface area contributed by atoms with Gasteiger partial charge >= 0.3 is 0 Å². The predicted octanol–water partition coefficient (Wildman–Crippen LogP) is 3.29. The van der Waals surface area contributed by atoms with Gasteiger partial charge in [0.15, 0.2) is 11.5 Å². The van der Waals surface area contributed by atoms with Crippen molar-refractivity contribution in [1.29, 1.82) is 0 Å². The number of amides is 1. The third kappa shape index (κ3) is 3.12. The number of carbonyl (C=O) groups is 1. The topological polar surface area (TPSA) is 38.8 Å². The standard InChI is InChI=1S/C16H14INO3/c1-18(16(19)12-3-2-4-13(17)8-12)9-11-5-6-14-15(7-11)21-10-20-14/h2-8H,9-10H2,1H3. The fraction of sp³-hybridized carbons (Fsp3) is 0.188. The van der Waals surface area contributed by atoms with E-state index in [2.05, 4.69) is 22.6 Å². The number of fused-ring (bicyclic) bond motifs is 1. The van der Waals surface area contributed by atoms with Crippen molar-refractivity contribution in [2.75, 3.05) is 13.8 Å². The Bertz CT molecular complexity index is 687. The molecule has 21 heavy (non-hydrogen) atoms. The Hall–Kier alpha value is -1.76. The first-order valence-electron chi connectivity index (χ1n) is 6.53. The maximum absolute atomic E-state index is 12.4. The Morgan fingerprint density at radius 1 is 1.19 bits per heavy atom. The zero-order valence-corrected chi connectivity index (χ0v) is 13.7. The average molecular weight is 395 g/mol. The van der Waals surface area contributed by atoms with E-state index >= 15 is 0 Å². The van der Waals surface area contributed by atoms with Crippen molar-refractivity contribution in [3.8, 4) is 11.5 Å². The van der Waals surface area contributed by atoms with Gasteiger partial charge in [0.25, 0.3) is 5.91 Å². The fourth-order valence-corrected chi connectivity index (χ4v) is 2.77. The molecular weight excluding hydrogens is 381 g/mol. The molecule has 108 valence electrons. The molecular formula is C16H14INO3. The highest BCUT2D eigenvalue weighted by Crippen LogP contribution is 2.32. The number of nitrogens with zero attached hydrogens (tertiary/aromatic N) is 1. The van der Waals surface area contributed by atoms with Gasteiger partial charge in [-0.25, -0.2) is 0 Å². The maximum Gasteiger partial charge on any atom is 0.253 e. The third-order valence-corrected chi connectivity index (χ3v) is 3.95. The van der Waals surface area contributed by atoms with Gasteiger partial charge < -0.3 is 14.4 Å². The second kappa shape index (κ2) is 5.93. The van der Waals surface area contributed by atoms with E-state index in [0.717, 1.165) is 20.6 Å². The molecule has 0 N–H and O–H groups in total. The van der Waals surface area contributed by atoms with Crippen LogP contribution in [0.15, 0.2) is 42.5 Å². The van der Waals surface area contributed by atoms with Crippen LogP contribution in [0.25, 0.3) is 0 Å².